The summed E-state index contributed by atoms with van der Waals surface area (Å²) in [6.45, 7) is 1.96. The van der Waals surface area contributed by atoms with Gasteiger partial charge < -0.3 is 5.21 Å². The van der Waals surface area contributed by atoms with Gasteiger partial charge in [0.2, 0.25) is 4.46 Å². The van der Waals surface area contributed by atoms with Gasteiger partial charge in [-0.1, -0.05) is 53.0 Å². The van der Waals surface area contributed by atoms with Crippen LogP contribution in [0.3, 0.4) is 0 Å². The fraction of sp³-hybridized carbons (Fsp3) is 0.250. The highest BCUT2D eigenvalue weighted by molar-refractivity contribution is 6.47. The summed E-state index contributed by atoms with van der Waals surface area (Å²) in [6, 6.07) is 7.23. The second-order valence-electron chi connectivity index (χ2n) is 2.55. The van der Waals surface area contributed by atoms with Gasteiger partial charge in [-0.15, -0.1) is 0 Å². The van der Waals surface area contributed by atoms with Gasteiger partial charge in [-0.2, -0.15) is 5.48 Å². The average molecular weight is 206 g/mol. The second kappa shape index (κ2) is 3.62. The summed E-state index contributed by atoms with van der Waals surface area (Å²) in [5.74, 6) is 0. The highest BCUT2D eigenvalue weighted by Gasteiger charge is 2.24. The molecule has 1 aromatic carbocycles. The molecule has 0 unspecified atom stereocenters. The lowest BCUT2D eigenvalue weighted by atomic mass is 10.1. The average Bonchev–Trinajstić information content (AvgIpc) is 2.05. The van der Waals surface area contributed by atoms with Crippen molar-refractivity contribution in [3.63, 3.8) is 0 Å². The van der Waals surface area contributed by atoms with Crippen LogP contribution in [0.25, 0.3) is 0 Å². The Morgan fingerprint density at radius 1 is 1.25 bits per heavy atom. The molecule has 0 amide bonds. The van der Waals surface area contributed by atoms with Crippen molar-refractivity contribution < 1.29 is 5.21 Å². The summed E-state index contributed by atoms with van der Waals surface area (Å²) in [5, 5.41) is 8.60. The Bertz CT molecular complexity index is 258. The van der Waals surface area contributed by atoms with E-state index in [1.165, 1.54) is 0 Å². The van der Waals surface area contributed by atoms with Crippen LogP contribution in [0.1, 0.15) is 11.1 Å². The molecule has 12 heavy (non-hydrogen) atoms. The summed E-state index contributed by atoms with van der Waals surface area (Å²) in [7, 11) is 0. The van der Waals surface area contributed by atoms with Crippen LogP contribution in [0.15, 0.2) is 24.3 Å². The Balaban J connectivity index is 2.96. The van der Waals surface area contributed by atoms with E-state index in [1.54, 1.807) is 12.1 Å². The lowest BCUT2D eigenvalue weighted by Gasteiger charge is -2.17. The standard InChI is InChI=1S/C8H9Cl2NO/c1-6-2-4-7(5-3-6)8(9,10)11-12/h2-5,11-12H,1H3. The van der Waals surface area contributed by atoms with E-state index in [-0.39, 0.29) is 0 Å². The molecule has 0 aromatic heterocycles. The van der Waals surface area contributed by atoms with Gasteiger partial charge >= 0.3 is 0 Å². The summed E-state index contributed by atoms with van der Waals surface area (Å²) in [5.41, 5.74) is 3.53. The third-order valence-electron chi connectivity index (χ3n) is 1.55. The third-order valence-corrected chi connectivity index (χ3v) is 2.16. The molecule has 0 atom stereocenters. The van der Waals surface area contributed by atoms with E-state index in [0.717, 1.165) is 5.56 Å². The lowest BCUT2D eigenvalue weighted by molar-refractivity contribution is 0.140. The Morgan fingerprint density at radius 3 is 2.17 bits per heavy atom. The van der Waals surface area contributed by atoms with Crippen molar-refractivity contribution in [2.75, 3.05) is 0 Å². The van der Waals surface area contributed by atoms with Crippen molar-refractivity contribution in [2.24, 2.45) is 0 Å². The number of alkyl halides is 2. The van der Waals surface area contributed by atoms with Gasteiger partial charge in [0.15, 0.2) is 0 Å². The van der Waals surface area contributed by atoms with E-state index in [2.05, 4.69) is 0 Å². The molecule has 66 valence electrons. The molecule has 0 aliphatic rings. The predicted molar refractivity (Wildman–Crippen MR) is 49.5 cm³/mol. The molecule has 0 saturated carbocycles. The highest BCUT2D eigenvalue weighted by atomic mass is 35.5. The molecule has 4 heteroatoms. The number of hydrogen-bond acceptors (Lipinski definition) is 2. The quantitative estimate of drug-likeness (QED) is 0.442. The molecule has 0 aliphatic carbocycles. The first-order valence-corrected chi connectivity index (χ1v) is 4.18. The third kappa shape index (κ3) is 2.11. The minimum Gasteiger partial charge on any atom is -0.314 e. The van der Waals surface area contributed by atoms with Crippen LogP contribution in [-0.2, 0) is 4.46 Å². The van der Waals surface area contributed by atoms with Crippen molar-refractivity contribution in [3.05, 3.63) is 35.4 Å². The number of aryl methyl sites for hydroxylation is 1. The molecule has 0 aliphatic heterocycles. The van der Waals surface area contributed by atoms with E-state index in [0.29, 0.717) is 5.56 Å². The zero-order chi connectivity index (χ0) is 9.19. The SMILES string of the molecule is Cc1ccc(C(Cl)(Cl)NO)cc1. The van der Waals surface area contributed by atoms with Gasteiger partial charge in [0, 0.05) is 5.56 Å². The maximum absolute atomic E-state index is 8.60. The molecule has 0 saturated heterocycles. The molecule has 0 spiro atoms. The highest BCUT2D eigenvalue weighted by Crippen LogP contribution is 2.29. The Hall–Kier alpha value is -0.280. The number of nitrogens with one attached hydrogen (secondary N) is 1. The fourth-order valence-corrected chi connectivity index (χ4v) is 1.08. The van der Waals surface area contributed by atoms with Crippen LogP contribution < -0.4 is 5.48 Å². The van der Waals surface area contributed by atoms with E-state index < -0.39 is 4.46 Å². The number of hydrogen-bond donors (Lipinski definition) is 2. The van der Waals surface area contributed by atoms with Crippen molar-refractivity contribution in [1.29, 1.82) is 0 Å². The molecule has 2 nitrogen and oxygen atoms in total. The normalized spacial score (nSPS) is 11.7. The molecular formula is C8H9Cl2NO. The fourth-order valence-electron chi connectivity index (χ4n) is 0.827. The smallest absolute Gasteiger partial charge is 0.215 e. The van der Waals surface area contributed by atoms with Crippen LogP contribution in [0.4, 0.5) is 0 Å². The first-order valence-electron chi connectivity index (χ1n) is 3.42. The van der Waals surface area contributed by atoms with Gasteiger partial charge in [0.25, 0.3) is 0 Å². The topological polar surface area (TPSA) is 32.3 Å². The number of benzene rings is 1. The van der Waals surface area contributed by atoms with Crippen LogP contribution in [0.5, 0.6) is 0 Å². The number of halogens is 2. The summed E-state index contributed by atoms with van der Waals surface area (Å²) < 4.78 is -1.42. The monoisotopic (exact) mass is 205 g/mol. The Labute approximate surface area is 81.1 Å². The van der Waals surface area contributed by atoms with Crippen LogP contribution in [0.2, 0.25) is 0 Å². The molecular weight excluding hydrogens is 197 g/mol. The molecule has 1 rings (SSSR count). The molecule has 1 aromatic rings. The molecule has 0 fully saturated rings. The van der Waals surface area contributed by atoms with Gasteiger partial charge in [-0.05, 0) is 6.92 Å². The maximum Gasteiger partial charge on any atom is 0.215 e. The van der Waals surface area contributed by atoms with Crippen LogP contribution in [0, 0.1) is 6.92 Å². The van der Waals surface area contributed by atoms with E-state index >= 15 is 0 Å². The van der Waals surface area contributed by atoms with Crippen molar-refractivity contribution >= 4 is 23.2 Å². The minimum atomic E-state index is -1.42. The second-order valence-corrected chi connectivity index (χ2v) is 3.88. The van der Waals surface area contributed by atoms with Gasteiger partial charge in [-0.25, -0.2) is 0 Å². The first kappa shape index (κ1) is 9.81. The summed E-state index contributed by atoms with van der Waals surface area (Å²) >= 11 is 11.4. The first-order chi connectivity index (χ1) is 5.56. The summed E-state index contributed by atoms with van der Waals surface area (Å²) in [4.78, 5) is 0. The van der Waals surface area contributed by atoms with Crippen molar-refractivity contribution in [3.8, 4) is 0 Å². The van der Waals surface area contributed by atoms with Crippen molar-refractivity contribution in [2.45, 2.75) is 11.4 Å². The Morgan fingerprint density at radius 2 is 1.75 bits per heavy atom. The maximum atomic E-state index is 8.60. The van der Waals surface area contributed by atoms with E-state index in [9.17, 15) is 0 Å². The molecule has 0 bridgehead atoms. The van der Waals surface area contributed by atoms with Crippen LogP contribution in [-0.4, -0.2) is 5.21 Å². The molecule has 0 radical (unpaired) electrons. The van der Waals surface area contributed by atoms with Gasteiger partial charge in [-0.3, -0.25) is 0 Å². The van der Waals surface area contributed by atoms with E-state index in [1.807, 2.05) is 24.5 Å². The lowest BCUT2D eigenvalue weighted by Crippen LogP contribution is -2.28. The predicted octanol–water partition coefficient (Wildman–Crippen LogP) is 2.56. The number of rotatable bonds is 2. The molecule has 2 N–H and O–H groups in total. The summed E-state index contributed by atoms with van der Waals surface area (Å²) in [6.07, 6.45) is 0. The van der Waals surface area contributed by atoms with Crippen LogP contribution >= 0.6 is 23.2 Å². The number of hydroxylamine groups is 1. The van der Waals surface area contributed by atoms with Gasteiger partial charge in [0.05, 0.1) is 0 Å². The van der Waals surface area contributed by atoms with Gasteiger partial charge in [0.1, 0.15) is 0 Å². The zero-order valence-corrected chi connectivity index (χ0v) is 8.02. The molecule has 0 heterocycles. The minimum absolute atomic E-state index is 0.610. The zero-order valence-electron chi connectivity index (χ0n) is 6.51. The Kier molecular flexibility index (Phi) is 2.96. The largest absolute Gasteiger partial charge is 0.314 e. The van der Waals surface area contributed by atoms with Crippen molar-refractivity contribution in [1.82, 2.24) is 5.48 Å². The van der Waals surface area contributed by atoms with E-state index in [4.69, 9.17) is 28.4 Å².